The highest BCUT2D eigenvalue weighted by Gasteiger charge is 2.26. The molecule has 1 aromatic rings. The fourth-order valence-corrected chi connectivity index (χ4v) is 3.35. The molecule has 0 atom stereocenters. The molecule has 5 nitrogen and oxygen atoms in total. The third kappa shape index (κ3) is 4.54. The first kappa shape index (κ1) is 16.0. The van der Waals surface area contributed by atoms with Gasteiger partial charge in [-0.1, -0.05) is 13.0 Å². The smallest absolute Gasteiger partial charge is 0.236 e. The molecule has 1 aromatic heterocycles. The predicted octanol–water partition coefficient (Wildman–Crippen LogP) is 1.29. The van der Waals surface area contributed by atoms with E-state index < -0.39 is 0 Å². The zero-order valence-corrected chi connectivity index (χ0v) is 13.3. The van der Waals surface area contributed by atoms with Crippen LogP contribution in [0.3, 0.4) is 0 Å². The standard InChI is InChI=1S/C15H23N3O2S/c1-2-17(10-13-4-3-9-21-13)11-14(19)18-7-5-12(6-8-18)15(16)20/h3-4,9,12H,2,5-8,10-11H2,1H3,(H2,16,20). The highest BCUT2D eigenvalue weighted by molar-refractivity contribution is 7.09. The van der Waals surface area contributed by atoms with Gasteiger partial charge in [0.05, 0.1) is 6.54 Å². The summed E-state index contributed by atoms with van der Waals surface area (Å²) in [6.45, 7) is 5.46. The number of nitrogens with zero attached hydrogens (tertiary/aromatic N) is 2. The molecule has 2 rings (SSSR count). The van der Waals surface area contributed by atoms with Crippen LogP contribution in [0.15, 0.2) is 17.5 Å². The Morgan fingerprint density at radius 2 is 2.14 bits per heavy atom. The minimum atomic E-state index is -0.241. The molecule has 0 radical (unpaired) electrons. The normalized spacial score (nSPS) is 16.4. The van der Waals surface area contributed by atoms with Gasteiger partial charge in [0.2, 0.25) is 11.8 Å². The number of likely N-dealkylation sites (tertiary alicyclic amines) is 1. The quantitative estimate of drug-likeness (QED) is 0.861. The third-order valence-corrected chi connectivity index (χ3v) is 4.88. The van der Waals surface area contributed by atoms with E-state index in [1.165, 1.54) is 4.88 Å². The average molecular weight is 309 g/mol. The number of rotatable bonds is 6. The SMILES string of the molecule is CCN(CC(=O)N1CCC(C(N)=O)CC1)Cc1cccs1. The fourth-order valence-electron chi connectivity index (χ4n) is 2.61. The van der Waals surface area contributed by atoms with Gasteiger partial charge in [-0.2, -0.15) is 0 Å². The van der Waals surface area contributed by atoms with E-state index in [2.05, 4.69) is 23.3 Å². The van der Waals surface area contributed by atoms with Gasteiger partial charge in [-0.3, -0.25) is 14.5 Å². The van der Waals surface area contributed by atoms with Crippen LogP contribution in [0.1, 0.15) is 24.6 Å². The summed E-state index contributed by atoms with van der Waals surface area (Å²) >= 11 is 1.71. The van der Waals surface area contributed by atoms with Gasteiger partial charge in [0.15, 0.2) is 0 Å². The Bertz CT molecular complexity index is 467. The molecule has 2 amide bonds. The first-order chi connectivity index (χ1) is 10.1. The molecular weight excluding hydrogens is 286 g/mol. The predicted molar refractivity (Wildman–Crippen MR) is 83.8 cm³/mol. The summed E-state index contributed by atoms with van der Waals surface area (Å²) in [4.78, 5) is 28.8. The Labute approximate surface area is 129 Å². The molecule has 1 saturated heterocycles. The number of primary amides is 1. The topological polar surface area (TPSA) is 66.6 Å². The number of carbonyl (C=O) groups excluding carboxylic acids is 2. The second kappa shape index (κ2) is 7.56. The number of amides is 2. The first-order valence-electron chi connectivity index (χ1n) is 7.42. The van der Waals surface area contributed by atoms with Gasteiger partial charge in [-0.15, -0.1) is 11.3 Å². The van der Waals surface area contributed by atoms with Gasteiger partial charge in [0.1, 0.15) is 0 Å². The van der Waals surface area contributed by atoms with Crippen molar-refractivity contribution in [2.45, 2.75) is 26.3 Å². The molecular formula is C15H23N3O2S. The second-order valence-corrected chi connectivity index (χ2v) is 6.47. The van der Waals surface area contributed by atoms with E-state index in [1.807, 2.05) is 11.0 Å². The molecule has 0 aromatic carbocycles. The van der Waals surface area contributed by atoms with E-state index in [-0.39, 0.29) is 17.7 Å². The molecule has 0 bridgehead atoms. The molecule has 2 N–H and O–H groups in total. The molecule has 0 spiro atoms. The van der Waals surface area contributed by atoms with Crippen LogP contribution in [-0.4, -0.2) is 47.8 Å². The fraction of sp³-hybridized carbons (Fsp3) is 0.600. The van der Waals surface area contributed by atoms with Crippen LogP contribution in [0.25, 0.3) is 0 Å². The van der Waals surface area contributed by atoms with Gasteiger partial charge >= 0.3 is 0 Å². The maximum absolute atomic E-state index is 12.3. The van der Waals surface area contributed by atoms with Crippen LogP contribution in [-0.2, 0) is 16.1 Å². The monoisotopic (exact) mass is 309 g/mol. The highest BCUT2D eigenvalue weighted by Crippen LogP contribution is 2.17. The number of hydrogen-bond donors (Lipinski definition) is 1. The van der Waals surface area contributed by atoms with Gasteiger partial charge in [-0.25, -0.2) is 0 Å². The van der Waals surface area contributed by atoms with E-state index in [0.717, 1.165) is 13.1 Å². The van der Waals surface area contributed by atoms with E-state index in [0.29, 0.717) is 32.5 Å². The van der Waals surface area contributed by atoms with Crippen molar-refractivity contribution in [3.05, 3.63) is 22.4 Å². The van der Waals surface area contributed by atoms with E-state index in [1.54, 1.807) is 11.3 Å². The zero-order chi connectivity index (χ0) is 15.2. The van der Waals surface area contributed by atoms with Crippen LogP contribution >= 0.6 is 11.3 Å². The van der Waals surface area contributed by atoms with Gasteiger partial charge in [0.25, 0.3) is 0 Å². The number of nitrogens with two attached hydrogens (primary N) is 1. The van der Waals surface area contributed by atoms with E-state index >= 15 is 0 Å². The second-order valence-electron chi connectivity index (χ2n) is 5.44. The van der Waals surface area contributed by atoms with Gasteiger partial charge < -0.3 is 10.6 Å². The lowest BCUT2D eigenvalue weighted by atomic mass is 9.96. The number of thiophene rings is 1. The summed E-state index contributed by atoms with van der Waals surface area (Å²) in [7, 11) is 0. The largest absolute Gasteiger partial charge is 0.369 e. The van der Waals surface area contributed by atoms with Crippen LogP contribution in [0.5, 0.6) is 0 Å². The van der Waals surface area contributed by atoms with Crippen molar-refractivity contribution in [2.75, 3.05) is 26.2 Å². The minimum absolute atomic E-state index is 0.0672. The van der Waals surface area contributed by atoms with Crippen molar-refractivity contribution in [3.8, 4) is 0 Å². The molecule has 6 heteroatoms. The summed E-state index contributed by atoms with van der Waals surface area (Å²) in [5, 5.41) is 2.06. The molecule has 1 aliphatic rings. The van der Waals surface area contributed by atoms with E-state index in [4.69, 9.17) is 5.73 Å². The van der Waals surface area contributed by atoms with Crippen LogP contribution in [0.2, 0.25) is 0 Å². The van der Waals surface area contributed by atoms with Gasteiger partial charge in [-0.05, 0) is 30.8 Å². The van der Waals surface area contributed by atoms with Crippen molar-refractivity contribution in [1.82, 2.24) is 9.80 Å². The minimum Gasteiger partial charge on any atom is -0.369 e. The number of likely N-dealkylation sites (N-methyl/N-ethyl adjacent to an activating group) is 1. The van der Waals surface area contributed by atoms with Crippen molar-refractivity contribution in [3.63, 3.8) is 0 Å². The summed E-state index contributed by atoms with van der Waals surface area (Å²) in [5.74, 6) is -0.159. The molecule has 116 valence electrons. The lowest BCUT2D eigenvalue weighted by Crippen LogP contribution is -2.45. The summed E-state index contributed by atoms with van der Waals surface area (Å²) in [6, 6.07) is 4.13. The van der Waals surface area contributed by atoms with Crippen LogP contribution in [0, 0.1) is 5.92 Å². The summed E-state index contributed by atoms with van der Waals surface area (Å²) in [6.07, 6.45) is 1.39. The highest BCUT2D eigenvalue weighted by atomic mass is 32.1. The molecule has 21 heavy (non-hydrogen) atoms. The van der Waals surface area contributed by atoms with Crippen LogP contribution in [0.4, 0.5) is 0 Å². The third-order valence-electron chi connectivity index (χ3n) is 4.02. The van der Waals surface area contributed by atoms with Crippen molar-refractivity contribution >= 4 is 23.2 Å². The number of hydrogen-bond acceptors (Lipinski definition) is 4. The lowest BCUT2D eigenvalue weighted by molar-refractivity contribution is -0.136. The first-order valence-corrected chi connectivity index (χ1v) is 8.30. The Morgan fingerprint density at radius 1 is 1.43 bits per heavy atom. The number of piperidine rings is 1. The lowest BCUT2D eigenvalue weighted by Gasteiger charge is -2.32. The molecule has 1 aliphatic heterocycles. The van der Waals surface area contributed by atoms with Crippen LogP contribution < -0.4 is 5.73 Å². The van der Waals surface area contributed by atoms with Gasteiger partial charge in [0, 0.05) is 30.4 Å². The number of carbonyl (C=O) groups is 2. The Balaban J connectivity index is 1.81. The molecule has 1 fully saturated rings. The Kier molecular flexibility index (Phi) is 5.76. The van der Waals surface area contributed by atoms with E-state index in [9.17, 15) is 9.59 Å². The summed E-state index contributed by atoms with van der Waals surface area (Å²) < 4.78 is 0. The molecule has 0 saturated carbocycles. The Morgan fingerprint density at radius 3 is 2.67 bits per heavy atom. The Hall–Kier alpha value is -1.40. The van der Waals surface area contributed by atoms with Crippen molar-refractivity contribution in [2.24, 2.45) is 11.7 Å². The maximum atomic E-state index is 12.3. The zero-order valence-electron chi connectivity index (χ0n) is 12.5. The maximum Gasteiger partial charge on any atom is 0.236 e. The average Bonchev–Trinajstić information content (AvgIpc) is 2.99. The van der Waals surface area contributed by atoms with Crippen molar-refractivity contribution < 1.29 is 9.59 Å². The molecule has 0 unspecified atom stereocenters. The molecule has 2 heterocycles. The summed E-state index contributed by atoms with van der Waals surface area (Å²) in [5.41, 5.74) is 5.32. The molecule has 0 aliphatic carbocycles. The van der Waals surface area contributed by atoms with Crippen molar-refractivity contribution in [1.29, 1.82) is 0 Å².